The molecule has 0 saturated carbocycles. The van der Waals surface area contributed by atoms with Crippen LogP contribution in [0.1, 0.15) is 35.1 Å². The zero-order valence-corrected chi connectivity index (χ0v) is 14.7. The predicted molar refractivity (Wildman–Crippen MR) is 95.8 cm³/mol. The third-order valence-corrected chi connectivity index (χ3v) is 5.28. The Hall–Kier alpha value is -2.60. The Labute approximate surface area is 154 Å². The van der Waals surface area contributed by atoms with Crippen molar-refractivity contribution in [3.8, 4) is 17.1 Å². The smallest absolute Gasteiger partial charge is 0.259 e. The number of hydrogen-bond donors (Lipinski definition) is 1. The molecule has 2 aliphatic rings. The van der Waals surface area contributed by atoms with Gasteiger partial charge in [0.1, 0.15) is 12.4 Å². The molecule has 2 aromatic heterocycles. The second-order valence-electron chi connectivity index (χ2n) is 6.79. The number of benzene rings is 1. The summed E-state index contributed by atoms with van der Waals surface area (Å²) in [5, 5.41) is 4.70. The van der Waals surface area contributed by atoms with Crippen LogP contribution in [0.4, 0.5) is 0 Å². The van der Waals surface area contributed by atoms with Gasteiger partial charge in [-0.3, -0.25) is 4.79 Å². The fourth-order valence-corrected chi connectivity index (χ4v) is 3.91. The first-order valence-electron chi connectivity index (χ1n) is 8.67. The van der Waals surface area contributed by atoms with Crippen molar-refractivity contribution in [3.05, 3.63) is 62.4 Å². The van der Waals surface area contributed by atoms with Crippen molar-refractivity contribution in [2.75, 3.05) is 6.61 Å². The van der Waals surface area contributed by atoms with Gasteiger partial charge in [0.25, 0.3) is 5.56 Å². The summed E-state index contributed by atoms with van der Waals surface area (Å²) in [4.78, 5) is 19.8. The number of rotatable bonds is 2. The SMILES string of the molecule is O=c1[nH]c2c(cc1-c1noc(C3COc4ccc(Cl)cc4C3)n1)CCC2. The molecule has 26 heavy (non-hydrogen) atoms. The van der Waals surface area contributed by atoms with E-state index in [2.05, 4.69) is 15.1 Å². The summed E-state index contributed by atoms with van der Waals surface area (Å²) in [5.41, 5.74) is 3.49. The van der Waals surface area contributed by atoms with Gasteiger partial charge in [0, 0.05) is 10.7 Å². The number of pyridine rings is 1. The number of nitrogens with zero attached hydrogens (tertiary/aromatic N) is 2. The Morgan fingerprint density at radius 1 is 1.19 bits per heavy atom. The maximum Gasteiger partial charge on any atom is 0.259 e. The first-order chi connectivity index (χ1) is 12.7. The lowest BCUT2D eigenvalue weighted by Crippen LogP contribution is -2.19. The molecule has 6 nitrogen and oxygen atoms in total. The number of ether oxygens (including phenoxy) is 1. The van der Waals surface area contributed by atoms with Crippen LogP contribution in [0.5, 0.6) is 5.75 Å². The quantitative estimate of drug-likeness (QED) is 0.749. The number of halogens is 1. The van der Waals surface area contributed by atoms with E-state index in [1.54, 1.807) is 0 Å². The lowest BCUT2D eigenvalue weighted by molar-refractivity contribution is 0.230. The Morgan fingerprint density at radius 3 is 3.04 bits per heavy atom. The fourth-order valence-electron chi connectivity index (χ4n) is 3.71. The number of aromatic amines is 1. The standard InChI is InChI=1S/C19H16ClN3O3/c20-13-4-5-16-11(7-13)6-12(9-25-16)19-22-17(23-26-19)14-8-10-2-1-3-15(10)21-18(14)24/h4-5,7-8,12H,1-3,6,9H2,(H,21,24). The van der Waals surface area contributed by atoms with Crippen LogP contribution in [0.15, 0.2) is 33.6 Å². The van der Waals surface area contributed by atoms with Gasteiger partial charge >= 0.3 is 0 Å². The molecule has 3 aromatic rings. The first-order valence-corrected chi connectivity index (χ1v) is 9.05. The number of nitrogens with one attached hydrogen (secondary N) is 1. The van der Waals surface area contributed by atoms with Gasteiger partial charge in [-0.05, 0) is 61.1 Å². The third kappa shape index (κ3) is 2.61. The van der Waals surface area contributed by atoms with Gasteiger partial charge in [-0.25, -0.2) is 0 Å². The van der Waals surface area contributed by atoms with E-state index in [1.165, 1.54) is 0 Å². The molecule has 0 spiro atoms. The van der Waals surface area contributed by atoms with E-state index in [0.717, 1.165) is 41.8 Å². The molecule has 0 fully saturated rings. The lowest BCUT2D eigenvalue weighted by Gasteiger charge is -2.22. The molecule has 0 saturated heterocycles. The van der Waals surface area contributed by atoms with Crippen LogP contribution in [-0.4, -0.2) is 21.7 Å². The summed E-state index contributed by atoms with van der Waals surface area (Å²) in [6.45, 7) is 0.455. The summed E-state index contributed by atoms with van der Waals surface area (Å²) < 4.78 is 11.2. The number of aromatic nitrogens is 3. The molecule has 132 valence electrons. The Kier molecular flexibility index (Phi) is 3.60. The average molecular weight is 370 g/mol. The van der Waals surface area contributed by atoms with Crippen LogP contribution in [0.3, 0.4) is 0 Å². The molecule has 0 amide bonds. The highest BCUT2D eigenvalue weighted by atomic mass is 35.5. The van der Waals surface area contributed by atoms with E-state index >= 15 is 0 Å². The Balaban J connectivity index is 1.45. The van der Waals surface area contributed by atoms with Crippen molar-refractivity contribution in [2.45, 2.75) is 31.6 Å². The molecule has 3 heterocycles. The van der Waals surface area contributed by atoms with Gasteiger partial charge in [-0.15, -0.1) is 0 Å². The van der Waals surface area contributed by atoms with E-state index in [1.807, 2.05) is 24.3 Å². The largest absolute Gasteiger partial charge is 0.492 e. The molecule has 1 aliphatic carbocycles. The highest BCUT2D eigenvalue weighted by molar-refractivity contribution is 6.30. The zero-order valence-electron chi connectivity index (χ0n) is 13.9. The number of hydrogen-bond acceptors (Lipinski definition) is 5. The number of aryl methyl sites for hydroxylation is 2. The summed E-state index contributed by atoms with van der Waals surface area (Å²) in [7, 11) is 0. The maximum absolute atomic E-state index is 12.3. The number of H-pyrrole nitrogens is 1. The summed E-state index contributed by atoms with van der Waals surface area (Å²) in [6, 6.07) is 7.47. The van der Waals surface area contributed by atoms with Crippen molar-refractivity contribution in [2.24, 2.45) is 0 Å². The van der Waals surface area contributed by atoms with Crippen LogP contribution in [0, 0.1) is 0 Å². The monoisotopic (exact) mass is 369 g/mol. The molecule has 5 rings (SSSR count). The second kappa shape index (κ2) is 5.99. The van der Waals surface area contributed by atoms with Crippen LogP contribution in [0.2, 0.25) is 5.02 Å². The van der Waals surface area contributed by atoms with Crippen molar-refractivity contribution in [1.82, 2.24) is 15.1 Å². The Bertz CT molecular complexity index is 1060. The van der Waals surface area contributed by atoms with Gasteiger partial charge < -0.3 is 14.2 Å². The van der Waals surface area contributed by atoms with Crippen molar-refractivity contribution < 1.29 is 9.26 Å². The molecule has 7 heteroatoms. The molecule has 0 bridgehead atoms. The van der Waals surface area contributed by atoms with Gasteiger partial charge in [0.2, 0.25) is 11.7 Å². The molecule has 1 unspecified atom stereocenters. The maximum atomic E-state index is 12.3. The average Bonchev–Trinajstić information content (AvgIpc) is 3.29. The minimum atomic E-state index is -0.171. The van der Waals surface area contributed by atoms with Gasteiger partial charge in [0.15, 0.2) is 0 Å². The molecule has 1 aromatic carbocycles. The number of fused-ring (bicyclic) bond motifs is 2. The van der Waals surface area contributed by atoms with Crippen molar-refractivity contribution in [1.29, 1.82) is 0 Å². The summed E-state index contributed by atoms with van der Waals surface area (Å²) in [5.74, 6) is 1.58. The minimum Gasteiger partial charge on any atom is -0.492 e. The highest BCUT2D eigenvalue weighted by Gasteiger charge is 2.27. The van der Waals surface area contributed by atoms with E-state index in [-0.39, 0.29) is 11.5 Å². The van der Waals surface area contributed by atoms with Gasteiger partial charge in [0.05, 0.1) is 11.5 Å². The highest BCUT2D eigenvalue weighted by Crippen LogP contribution is 2.34. The van der Waals surface area contributed by atoms with Crippen LogP contribution in [0.25, 0.3) is 11.4 Å². The van der Waals surface area contributed by atoms with Crippen molar-refractivity contribution in [3.63, 3.8) is 0 Å². The molecule has 1 N–H and O–H groups in total. The predicted octanol–water partition coefficient (Wildman–Crippen LogP) is 3.29. The molecule has 1 aliphatic heterocycles. The zero-order chi connectivity index (χ0) is 17.7. The molecular formula is C19H16ClN3O3. The van der Waals surface area contributed by atoms with E-state index in [4.69, 9.17) is 20.9 Å². The first kappa shape index (κ1) is 15.6. The normalized spacial score (nSPS) is 18.3. The third-order valence-electron chi connectivity index (χ3n) is 5.05. The minimum absolute atomic E-state index is 0.0595. The van der Waals surface area contributed by atoms with Gasteiger partial charge in [-0.1, -0.05) is 16.8 Å². The fraction of sp³-hybridized carbons (Fsp3) is 0.316. The summed E-state index contributed by atoms with van der Waals surface area (Å²) >= 11 is 6.07. The molecular weight excluding hydrogens is 354 g/mol. The van der Waals surface area contributed by atoms with Crippen LogP contribution < -0.4 is 10.3 Å². The van der Waals surface area contributed by atoms with E-state index < -0.39 is 0 Å². The van der Waals surface area contributed by atoms with E-state index in [9.17, 15) is 4.79 Å². The molecule has 1 atom stereocenters. The molecule has 0 radical (unpaired) electrons. The lowest BCUT2D eigenvalue weighted by atomic mass is 9.97. The summed E-state index contributed by atoms with van der Waals surface area (Å²) in [6.07, 6.45) is 3.66. The van der Waals surface area contributed by atoms with Crippen LogP contribution >= 0.6 is 11.6 Å². The second-order valence-corrected chi connectivity index (χ2v) is 7.23. The van der Waals surface area contributed by atoms with Crippen LogP contribution in [-0.2, 0) is 19.3 Å². The Morgan fingerprint density at radius 2 is 2.12 bits per heavy atom. The van der Waals surface area contributed by atoms with Crippen molar-refractivity contribution >= 4 is 11.6 Å². The van der Waals surface area contributed by atoms with Gasteiger partial charge in [-0.2, -0.15) is 4.98 Å². The topological polar surface area (TPSA) is 81.0 Å². The van der Waals surface area contributed by atoms with E-state index in [0.29, 0.717) is 35.3 Å².